The lowest BCUT2D eigenvalue weighted by Gasteiger charge is -2.11. The number of aryl methyl sites for hydroxylation is 3. The van der Waals surface area contributed by atoms with Crippen LogP contribution in [-0.4, -0.2) is 19.1 Å². The standard InChI is InChI=1S/C16H18N4/c1-11-6-5-7-12(2)15(11)13-9-18-16(20(13)4)14-8-17-10-19(14)3/h5-10H,1-4H3. The summed E-state index contributed by atoms with van der Waals surface area (Å²) in [7, 11) is 4.03. The highest BCUT2D eigenvalue weighted by atomic mass is 15.1. The third kappa shape index (κ3) is 1.84. The van der Waals surface area contributed by atoms with E-state index in [1.165, 1.54) is 16.7 Å². The fourth-order valence-electron chi connectivity index (χ4n) is 2.67. The van der Waals surface area contributed by atoms with Gasteiger partial charge in [-0.3, -0.25) is 0 Å². The van der Waals surface area contributed by atoms with Crippen LogP contribution in [0.4, 0.5) is 0 Å². The summed E-state index contributed by atoms with van der Waals surface area (Å²) in [5, 5.41) is 0. The molecule has 3 aromatic rings. The minimum atomic E-state index is 0.933. The van der Waals surface area contributed by atoms with Crippen LogP contribution in [0.5, 0.6) is 0 Å². The van der Waals surface area contributed by atoms with Crippen LogP contribution < -0.4 is 0 Å². The molecule has 0 saturated heterocycles. The highest BCUT2D eigenvalue weighted by molar-refractivity contribution is 5.70. The number of rotatable bonds is 2. The zero-order chi connectivity index (χ0) is 14.3. The fourth-order valence-corrected chi connectivity index (χ4v) is 2.67. The maximum Gasteiger partial charge on any atom is 0.158 e. The molecule has 4 heteroatoms. The normalized spacial score (nSPS) is 11.0. The predicted molar refractivity (Wildman–Crippen MR) is 80.3 cm³/mol. The SMILES string of the molecule is Cc1cccc(C)c1-c1cnc(-c2cncn2C)n1C. The molecule has 0 amide bonds. The second-order valence-electron chi connectivity index (χ2n) is 5.18. The van der Waals surface area contributed by atoms with Crippen LogP contribution >= 0.6 is 0 Å². The number of nitrogens with zero attached hydrogens (tertiary/aromatic N) is 4. The monoisotopic (exact) mass is 266 g/mol. The van der Waals surface area contributed by atoms with Gasteiger partial charge in [-0.2, -0.15) is 0 Å². The van der Waals surface area contributed by atoms with E-state index in [1.807, 2.05) is 24.0 Å². The summed E-state index contributed by atoms with van der Waals surface area (Å²) in [5.41, 5.74) is 5.95. The second kappa shape index (κ2) is 4.63. The summed E-state index contributed by atoms with van der Waals surface area (Å²) < 4.78 is 4.11. The molecule has 0 aliphatic rings. The molecule has 0 unspecified atom stereocenters. The zero-order valence-corrected chi connectivity index (χ0v) is 12.3. The summed E-state index contributed by atoms with van der Waals surface area (Å²) in [6, 6.07) is 6.37. The number of hydrogen-bond acceptors (Lipinski definition) is 2. The number of hydrogen-bond donors (Lipinski definition) is 0. The summed E-state index contributed by atoms with van der Waals surface area (Å²) in [6.45, 7) is 4.28. The molecule has 0 spiro atoms. The van der Waals surface area contributed by atoms with Gasteiger partial charge in [-0.15, -0.1) is 0 Å². The van der Waals surface area contributed by atoms with Crippen LogP contribution in [0.3, 0.4) is 0 Å². The van der Waals surface area contributed by atoms with E-state index in [0.29, 0.717) is 0 Å². The summed E-state index contributed by atoms with van der Waals surface area (Å²) in [6.07, 6.45) is 5.58. The minimum Gasteiger partial charge on any atom is -0.331 e. The lowest BCUT2D eigenvalue weighted by Crippen LogP contribution is -2.00. The van der Waals surface area contributed by atoms with Gasteiger partial charge >= 0.3 is 0 Å². The molecular formula is C16H18N4. The first-order valence-corrected chi connectivity index (χ1v) is 6.64. The Labute approximate surface area is 118 Å². The van der Waals surface area contributed by atoms with Gasteiger partial charge < -0.3 is 9.13 Å². The van der Waals surface area contributed by atoms with Crippen LogP contribution in [0.1, 0.15) is 11.1 Å². The molecule has 102 valence electrons. The van der Waals surface area contributed by atoms with Crippen LogP contribution in [0.15, 0.2) is 36.9 Å². The predicted octanol–water partition coefficient (Wildman–Crippen LogP) is 3.10. The second-order valence-corrected chi connectivity index (χ2v) is 5.18. The van der Waals surface area contributed by atoms with Crippen molar-refractivity contribution in [3.05, 3.63) is 48.0 Å². The van der Waals surface area contributed by atoms with Crippen molar-refractivity contribution in [2.45, 2.75) is 13.8 Å². The molecule has 0 fully saturated rings. The van der Waals surface area contributed by atoms with Gasteiger partial charge in [0.2, 0.25) is 0 Å². The van der Waals surface area contributed by atoms with Crippen molar-refractivity contribution in [1.29, 1.82) is 0 Å². The maximum atomic E-state index is 4.58. The maximum absolute atomic E-state index is 4.58. The molecule has 0 N–H and O–H groups in total. The van der Waals surface area contributed by atoms with Gasteiger partial charge in [0.05, 0.1) is 24.4 Å². The van der Waals surface area contributed by atoms with E-state index in [-0.39, 0.29) is 0 Å². The lowest BCUT2D eigenvalue weighted by atomic mass is 10.0. The van der Waals surface area contributed by atoms with Crippen LogP contribution in [0.2, 0.25) is 0 Å². The van der Waals surface area contributed by atoms with Crippen LogP contribution in [0, 0.1) is 13.8 Å². The molecule has 2 aromatic heterocycles. The van der Waals surface area contributed by atoms with Gasteiger partial charge in [-0.25, -0.2) is 9.97 Å². The van der Waals surface area contributed by atoms with Gasteiger partial charge in [0.15, 0.2) is 5.82 Å². The lowest BCUT2D eigenvalue weighted by molar-refractivity contribution is 0.872. The molecule has 2 heterocycles. The van der Waals surface area contributed by atoms with E-state index in [0.717, 1.165) is 17.2 Å². The average Bonchev–Trinajstić information content (AvgIpc) is 2.97. The third-order valence-corrected chi connectivity index (χ3v) is 3.77. The molecule has 0 aliphatic heterocycles. The van der Waals surface area contributed by atoms with Crippen LogP contribution in [-0.2, 0) is 14.1 Å². The largest absolute Gasteiger partial charge is 0.331 e. The third-order valence-electron chi connectivity index (χ3n) is 3.77. The molecule has 20 heavy (non-hydrogen) atoms. The Morgan fingerprint density at radius 2 is 1.65 bits per heavy atom. The Bertz CT molecular complexity index is 744. The molecular weight excluding hydrogens is 248 g/mol. The first kappa shape index (κ1) is 12.7. The van der Waals surface area contributed by atoms with Gasteiger partial charge in [0, 0.05) is 19.7 Å². The molecule has 0 aliphatic carbocycles. The van der Waals surface area contributed by atoms with Gasteiger partial charge in [0.25, 0.3) is 0 Å². The smallest absolute Gasteiger partial charge is 0.158 e. The number of imidazole rings is 2. The highest BCUT2D eigenvalue weighted by Gasteiger charge is 2.15. The van der Waals surface area contributed by atoms with Crippen molar-refractivity contribution in [2.75, 3.05) is 0 Å². The molecule has 0 radical (unpaired) electrons. The van der Waals surface area contributed by atoms with Crippen LogP contribution in [0.25, 0.3) is 22.8 Å². The molecule has 4 nitrogen and oxygen atoms in total. The first-order valence-electron chi connectivity index (χ1n) is 6.64. The summed E-state index contributed by atoms with van der Waals surface area (Å²) >= 11 is 0. The van der Waals surface area contributed by atoms with E-state index in [1.54, 1.807) is 6.33 Å². The van der Waals surface area contributed by atoms with Crippen molar-refractivity contribution in [1.82, 2.24) is 19.1 Å². The molecule has 0 atom stereocenters. The number of aromatic nitrogens is 4. The minimum absolute atomic E-state index is 0.933. The van der Waals surface area contributed by atoms with Gasteiger partial charge in [0.1, 0.15) is 5.69 Å². The quantitative estimate of drug-likeness (QED) is 0.714. The van der Waals surface area contributed by atoms with Crippen molar-refractivity contribution >= 4 is 0 Å². The Hall–Kier alpha value is -2.36. The van der Waals surface area contributed by atoms with Crippen molar-refractivity contribution in [2.24, 2.45) is 14.1 Å². The van der Waals surface area contributed by atoms with E-state index in [4.69, 9.17) is 0 Å². The zero-order valence-electron chi connectivity index (χ0n) is 12.3. The topological polar surface area (TPSA) is 35.6 Å². The van der Waals surface area contributed by atoms with E-state index in [9.17, 15) is 0 Å². The fraction of sp³-hybridized carbons (Fsp3) is 0.250. The Morgan fingerprint density at radius 1 is 0.950 bits per heavy atom. The Balaban J connectivity index is 2.19. The Kier molecular flexibility index (Phi) is 2.93. The van der Waals surface area contributed by atoms with Gasteiger partial charge in [-0.1, -0.05) is 18.2 Å². The number of benzene rings is 1. The van der Waals surface area contributed by atoms with Crippen molar-refractivity contribution in [3.8, 4) is 22.8 Å². The Morgan fingerprint density at radius 3 is 2.25 bits per heavy atom. The highest BCUT2D eigenvalue weighted by Crippen LogP contribution is 2.29. The van der Waals surface area contributed by atoms with E-state index >= 15 is 0 Å². The van der Waals surface area contributed by atoms with E-state index < -0.39 is 0 Å². The first-order chi connectivity index (χ1) is 9.59. The molecule has 0 saturated carbocycles. The summed E-state index contributed by atoms with van der Waals surface area (Å²) in [4.78, 5) is 8.75. The summed E-state index contributed by atoms with van der Waals surface area (Å²) in [5.74, 6) is 0.933. The molecule has 1 aromatic carbocycles. The van der Waals surface area contributed by atoms with Crippen molar-refractivity contribution < 1.29 is 0 Å². The molecule has 3 rings (SSSR count). The van der Waals surface area contributed by atoms with E-state index in [2.05, 4.69) is 53.6 Å². The van der Waals surface area contributed by atoms with Gasteiger partial charge in [-0.05, 0) is 25.0 Å². The average molecular weight is 266 g/mol. The van der Waals surface area contributed by atoms with Crippen molar-refractivity contribution in [3.63, 3.8) is 0 Å². The molecule has 0 bridgehead atoms.